The summed E-state index contributed by atoms with van der Waals surface area (Å²) < 4.78 is 10.0. The predicted molar refractivity (Wildman–Crippen MR) is 67.7 cm³/mol. The van der Waals surface area contributed by atoms with Crippen molar-refractivity contribution in [3.63, 3.8) is 0 Å². The fraction of sp³-hybridized carbons (Fsp3) is 0.917. The number of rotatable bonds is 10. The van der Waals surface area contributed by atoms with Crippen LogP contribution < -0.4 is 0 Å². The first kappa shape index (κ1) is 17.3. The van der Waals surface area contributed by atoms with Gasteiger partial charge in [-0.3, -0.25) is 9.69 Å². The molecule has 0 spiro atoms. The lowest BCUT2D eigenvalue weighted by molar-refractivity contribution is -0.150. The maximum Gasteiger partial charge on any atom is 0.323 e. The Bertz CT molecular complexity index is 245. The molecule has 0 aromatic rings. The molecule has 0 bridgehead atoms. The summed E-state index contributed by atoms with van der Waals surface area (Å²) in [7, 11) is 1.58. The molecule has 0 heterocycles. The molecule has 0 aliphatic heterocycles. The monoisotopic (exact) mass is 263 g/mol. The Morgan fingerprint density at radius 2 is 2.00 bits per heavy atom. The Hall–Kier alpha value is -0.690. The number of carbonyl (C=O) groups is 1. The summed E-state index contributed by atoms with van der Waals surface area (Å²) >= 11 is 0. The summed E-state index contributed by atoms with van der Waals surface area (Å²) in [6.45, 7) is 7.00. The van der Waals surface area contributed by atoms with E-state index in [0.717, 1.165) is 0 Å². The number of carboxylic acid groups (broad SMARTS) is 1. The van der Waals surface area contributed by atoms with Crippen LogP contribution >= 0.6 is 0 Å². The van der Waals surface area contributed by atoms with Gasteiger partial charge in [0.1, 0.15) is 5.54 Å². The standard InChI is InChI=1S/C12H25NO5/c1-5-13(12(2,3)11(15)16)8-10(14)9-18-7-6-17-4/h10,14H,5-9H2,1-4H3,(H,15,16). The number of nitrogens with zero attached hydrogens (tertiary/aromatic N) is 1. The minimum atomic E-state index is -0.998. The average Bonchev–Trinajstić information content (AvgIpc) is 2.31. The molecular formula is C12H25NO5. The third-order valence-corrected chi connectivity index (χ3v) is 2.87. The summed E-state index contributed by atoms with van der Waals surface area (Å²) in [6, 6.07) is 0. The molecule has 0 aromatic carbocycles. The van der Waals surface area contributed by atoms with Gasteiger partial charge >= 0.3 is 5.97 Å². The highest BCUT2D eigenvalue weighted by molar-refractivity contribution is 5.77. The first-order chi connectivity index (χ1) is 8.36. The number of aliphatic hydroxyl groups excluding tert-OH is 1. The number of aliphatic hydroxyl groups is 1. The number of hydrogen-bond donors (Lipinski definition) is 2. The molecule has 2 N–H and O–H groups in total. The smallest absolute Gasteiger partial charge is 0.323 e. The van der Waals surface area contributed by atoms with Crippen molar-refractivity contribution < 1.29 is 24.5 Å². The summed E-state index contributed by atoms with van der Waals surface area (Å²) in [5.41, 5.74) is -0.998. The zero-order valence-corrected chi connectivity index (χ0v) is 11.7. The van der Waals surface area contributed by atoms with Gasteiger partial charge in [0.2, 0.25) is 0 Å². The summed E-state index contributed by atoms with van der Waals surface area (Å²) in [5, 5.41) is 18.9. The van der Waals surface area contributed by atoms with Gasteiger partial charge in [-0.2, -0.15) is 0 Å². The van der Waals surface area contributed by atoms with Crippen molar-refractivity contribution >= 4 is 5.97 Å². The molecule has 0 saturated carbocycles. The SMILES string of the molecule is CCN(CC(O)COCCOC)C(C)(C)C(=O)O. The van der Waals surface area contributed by atoms with Crippen molar-refractivity contribution in [2.24, 2.45) is 0 Å². The number of ether oxygens (including phenoxy) is 2. The lowest BCUT2D eigenvalue weighted by Crippen LogP contribution is -2.53. The Kier molecular flexibility index (Phi) is 8.10. The Balaban J connectivity index is 4.16. The van der Waals surface area contributed by atoms with Crippen LogP contribution in [0.15, 0.2) is 0 Å². The largest absolute Gasteiger partial charge is 0.480 e. The van der Waals surface area contributed by atoms with E-state index in [1.807, 2.05) is 6.92 Å². The zero-order chi connectivity index (χ0) is 14.2. The number of aliphatic carboxylic acids is 1. The lowest BCUT2D eigenvalue weighted by atomic mass is 10.0. The highest BCUT2D eigenvalue weighted by Gasteiger charge is 2.34. The van der Waals surface area contributed by atoms with Gasteiger partial charge in [-0.15, -0.1) is 0 Å². The van der Waals surface area contributed by atoms with Crippen LogP contribution in [0.1, 0.15) is 20.8 Å². The van der Waals surface area contributed by atoms with Crippen molar-refractivity contribution in [1.82, 2.24) is 4.90 Å². The van der Waals surface area contributed by atoms with Crippen molar-refractivity contribution in [1.29, 1.82) is 0 Å². The molecule has 0 fully saturated rings. The van der Waals surface area contributed by atoms with E-state index in [-0.39, 0.29) is 13.2 Å². The van der Waals surface area contributed by atoms with Crippen LogP contribution in [-0.2, 0) is 14.3 Å². The zero-order valence-electron chi connectivity index (χ0n) is 11.7. The highest BCUT2D eigenvalue weighted by atomic mass is 16.5. The minimum Gasteiger partial charge on any atom is -0.480 e. The van der Waals surface area contributed by atoms with Crippen LogP contribution in [0.5, 0.6) is 0 Å². The predicted octanol–water partition coefficient (Wildman–Crippen LogP) is 0.195. The van der Waals surface area contributed by atoms with Crippen molar-refractivity contribution in [2.75, 3.05) is 40.0 Å². The van der Waals surface area contributed by atoms with Gasteiger partial charge in [0.25, 0.3) is 0 Å². The van der Waals surface area contributed by atoms with Crippen LogP contribution in [0.4, 0.5) is 0 Å². The maximum absolute atomic E-state index is 11.1. The van der Waals surface area contributed by atoms with Crippen LogP contribution in [-0.4, -0.2) is 72.7 Å². The third-order valence-electron chi connectivity index (χ3n) is 2.87. The van der Waals surface area contributed by atoms with Crippen LogP contribution in [0.3, 0.4) is 0 Å². The fourth-order valence-corrected chi connectivity index (χ4v) is 1.56. The second kappa shape index (κ2) is 8.42. The van der Waals surface area contributed by atoms with Gasteiger partial charge in [0.15, 0.2) is 0 Å². The Morgan fingerprint density at radius 3 is 2.44 bits per heavy atom. The molecule has 0 aliphatic carbocycles. The molecule has 6 heteroatoms. The van der Waals surface area contributed by atoms with E-state index in [4.69, 9.17) is 14.6 Å². The topological polar surface area (TPSA) is 79.2 Å². The van der Waals surface area contributed by atoms with Gasteiger partial charge in [-0.1, -0.05) is 6.92 Å². The second-order valence-corrected chi connectivity index (χ2v) is 4.62. The van der Waals surface area contributed by atoms with Crippen LogP contribution in [0.25, 0.3) is 0 Å². The first-order valence-corrected chi connectivity index (χ1v) is 6.09. The molecule has 0 saturated heterocycles. The minimum absolute atomic E-state index is 0.176. The molecule has 1 unspecified atom stereocenters. The molecule has 0 amide bonds. The number of methoxy groups -OCH3 is 1. The quantitative estimate of drug-likeness (QED) is 0.548. The normalized spacial score (nSPS) is 13.9. The average molecular weight is 263 g/mol. The van der Waals surface area contributed by atoms with E-state index in [0.29, 0.717) is 19.8 Å². The molecular weight excluding hydrogens is 238 g/mol. The van der Waals surface area contributed by atoms with E-state index >= 15 is 0 Å². The lowest BCUT2D eigenvalue weighted by Gasteiger charge is -2.35. The van der Waals surface area contributed by atoms with Gasteiger partial charge in [0, 0.05) is 13.7 Å². The van der Waals surface area contributed by atoms with Crippen LogP contribution in [0, 0.1) is 0 Å². The Labute approximate surface area is 108 Å². The molecule has 6 nitrogen and oxygen atoms in total. The van der Waals surface area contributed by atoms with Gasteiger partial charge in [-0.05, 0) is 20.4 Å². The molecule has 1 atom stereocenters. The first-order valence-electron chi connectivity index (χ1n) is 6.09. The number of β-amino-alcohol motifs (C(OH)–C–C–N with tert-alkyl or cyclic N) is 1. The summed E-state index contributed by atoms with van der Waals surface area (Å²) in [5.74, 6) is -0.906. The van der Waals surface area contributed by atoms with Gasteiger partial charge in [-0.25, -0.2) is 0 Å². The molecule has 0 aliphatic rings. The molecule has 0 radical (unpaired) electrons. The van der Waals surface area contributed by atoms with E-state index in [2.05, 4.69) is 0 Å². The molecule has 108 valence electrons. The van der Waals surface area contributed by atoms with E-state index in [1.54, 1.807) is 25.9 Å². The number of carboxylic acids is 1. The third kappa shape index (κ3) is 5.77. The maximum atomic E-state index is 11.1. The van der Waals surface area contributed by atoms with Gasteiger partial charge in [0.05, 0.1) is 25.9 Å². The molecule has 0 aromatic heterocycles. The summed E-state index contributed by atoms with van der Waals surface area (Å²) in [4.78, 5) is 12.8. The highest BCUT2D eigenvalue weighted by Crippen LogP contribution is 2.14. The second-order valence-electron chi connectivity index (χ2n) is 4.62. The van der Waals surface area contributed by atoms with E-state index in [9.17, 15) is 9.90 Å². The van der Waals surface area contributed by atoms with E-state index < -0.39 is 17.6 Å². The van der Waals surface area contributed by atoms with Gasteiger partial charge < -0.3 is 19.7 Å². The molecule has 18 heavy (non-hydrogen) atoms. The van der Waals surface area contributed by atoms with Crippen molar-refractivity contribution in [3.8, 4) is 0 Å². The van der Waals surface area contributed by atoms with E-state index in [1.165, 1.54) is 0 Å². The van der Waals surface area contributed by atoms with Crippen LogP contribution in [0.2, 0.25) is 0 Å². The number of likely N-dealkylation sites (N-methyl/N-ethyl adjacent to an activating group) is 1. The number of hydrogen-bond acceptors (Lipinski definition) is 5. The summed E-state index contributed by atoms with van der Waals surface area (Å²) in [6.07, 6.45) is -0.708. The molecule has 0 rings (SSSR count). The van der Waals surface area contributed by atoms with Crippen molar-refractivity contribution in [3.05, 3.63) is 0 Å². The fourth-order valence-electron chi connectivity index (χ4n) is 1.56. The Morgan fingerprint density at radius 1 is 1.39 bits per heavy atom. The van der Waals surface area contributed by atoms with Crippen molar-refractivity contribution in [2.45, 2.75) is 32.4 Å².